The molecule has 190 valence electrons. The third-order valence-electron chi connectivity index (χ3n) is 7.21. The number of piperidine rings is 1. The number of ether oxygens (including phenoxy) is 3. The Hall–Kier alpha value is -3.57. The van der Waals surface area contributed by atoms with E-state index in [2.05, 4.69) is 35.2 Å². The molecule has 0 saturated carbocycles. The smallest absolute Gasteiger partial charge is 0.302 e. The van der Waals surface area contributed by atoms with Crippen LogP contribution in [-0.2, 0) is 21.4 Å². The summed E-state index contributed by atoms with van der Waals surface area (Å²) in [6.07, 6.45) is 1.77. The van der Waals surface area contributed by atoms with E-state index < -0.39 is 17.5 Å². The number of carbonyl (C=O) groups is 1. The molecule has 0 spiro atoms. The fourth-order valence-corrected chi connectivity index (χ4v) is 5.23. The molecule has 8 heteroatoms. The second-order valence-corrected chi connectivity index (χ2v) is 9.28. The first-order valence-electron chi connectivity index (χ1n) is 12.3. The molecule has 4 rings (SSSR count). The van der Waals surface area contributed by atoms with Crippen molar-refractivity contribution in [3.63, 3.8) is 0 Å². The minimum Gasteiger partial charge on any atom is -0.493 e. The molecule has 1 aromatic heterocycles. The SMILES string of the molecule is COc1cc2nc(C(C#N)(C3CCN(CCc4ccccc4)CC3)C(C)OC(C)=O)oc2cc1OC. The van der Waals surface area contributed by atoms with Gasteiger partial charge in [-0.05, 0) is 50.8 Å². The molecule has 0 amide bonds. The van der Waals surface area contributed by atoms with Crippen molar-refractivity contribution >= 4 is 17.1 Å². The third kappa shape index (κ3) is 5.02. The largest absolute Gasteiger partial charge is 0.493 e. The van der Waals surface area contributed by atoms with Gasteiger partial charge in [0.2, 0.25) is 5.89 Å². The lowest BCUT2D eigenvalue weighted by molar-refractivity contribution is -0.150. The van der Waals surface area contributed by atoms with Gasteiger partial charge in [-0.15, -0.1) is 0 Å². The van der Waals surface area contributed by atoms with Gasteiger partial charge in [0.25, 0.3) is 0 Å². The van der Waals surface area contributed by atoms with Gasteiger partial charge in [0.05, 0.1) is 20.3 Å². The molecule has 0 bridgehead atoms. The van der Waals surface area contributed by atoms with E-state index in [1.807, 2.05) is 6.07 Å². The van der Waals surface area contributed by atoms with Gasteiger partial charge in [0.15, 0.2) is 22.5 Å². The zero-order chi connectivity index (χ0) is 25.7. The van der Waals surface area contributed by atoms with Crippen LogP contribution in [-0.4, -0.2) is 55.8 Å². The molecule has 0 aliphatic carbocycles. The van der Waals surface area contributed by atoms with Crippen molar-refractivity contribution in [3.05, 3.63) is 53.9 Å². The predicted molar refractivity (Wildman–Crippen MR) is 135 cm³/mol. The molecule has 2 heterocycles. The van der Waals surface area contributed by atoms with E-state index in [9.17, 15) is 10.1 Å². The first kappa shape index (κ1) is 25.5. The minimum absolute atomic E-state index is 0.0957. The molecular weight excluding hydrogens is 458 g/mol. The number of hydrogen-bond donors (Lipinski definition) is 0. The lowest BCUT2D eigenvalue weighted by Crippen LogP contribution is -2.50. The van der Waals surface area contributed by atoms with Gasteiger partial charge in [0, 0.05) is 25.6 Å². The first-order chi connectivity index (χ1) is 17.4. The summed E-state index contributed by atoms with van der Waals surface area (Å²) >= 11 is 0. The Kier molecular flexibility index (Phi) is 7.80. The number of nitrogens with zero attached hydrogens (tertiary/aromatic N) is 3. The molecule has 1 fully saturated rings. The highest BCUT2D eigenvalue weighted by Gasteiger charge is 2.52. The Bertz CT molecular complexity index is 1190. The third-order valence-corrected chi connectivity index (χ3v) is 7.21. The van der Waals surface area contributed by atoms with Crippen molar-refractivity contribution in [3.8, 4) is 17.6 Å². The second-order valence-electron chi connectivity index (χ2n) is 9.28. The monoisotopic (exact) mass is 491 g/mol. The summed E-state index contributed by atoms with van der Waals surface area (Å²) in [7, 11) is 3.10. The number of esters is 1. The Morgan fingerprint density at radius 2 is 1.86 bits per heavy atom. The van der Waals surface area contributed by atoms with E-state index in [-0.39, 0.29) is 11.8 Å². The topological polar surface area (TPSA) is 97.8 Å². The van der Waals surface area contributed by atoms with Crippen molar-refractivity contribution in [2.45, 2.75) is 44.6 Å². The quantitative estimate of drug-likeness (QED) is 0.403. The van der Waals surface area contributed by atoms with Crippen molar-refractivity contribution in [2.24, 2.45) is 5.92 Å². The summed E-state index contributed by atoms with van der Waals surface area (Å²) < 4.78 is 22.6. The van der Waals surface area contributed by atoms with Crippen LogP contribution in [0.25, 0.3) is 11.1 Å². The van der Waals surface area contributed by atoms with Crippen LogP contribution in [0.3, 0.4) is 0 Å². The maximum absolute atomic E-state index is 11.9. The zero-order valence-corrected chi connectivity index (χ0v) is 21.3. The van der Waals surface area contributed by atoms with Crippen LogP contribution in [0.2, 0.25) is 0 Å². The molecule has 1 saturated heterocycles. The highest BCUT2D eigenvalue weighted by molar-refractivity contribution is 5.78. The fourth-order valence-electron chi connectivity index (χ4n) is 5.23. The van der Waals surface area contributed by atoms with E-state index in [1.165, 1.54) is 12.5 Å². The Balaban J connectivity index is 1.62. The van der Waals surface area contributed by atoms with E-state index in [4.69, 9.17) is 23.6 Å². The lowest BCUT2D eigenvalue weighted by atomic mass is 9.68. The zero-order valence-electron chi connectivity index (χ0n) is 21.3. The van der Waals surface area contributed by atoms with Crippen LogP contribution in [0.4, 0.5) is 0 Å². The summed E-state index contributed by atoms with van der Waals surface area (Å²) in [5.41, 5.74) is 1.12. The lowest BCUT2D eigenvalue weighted by Gasteiger charge is -2.41. The van der Waals surface area contributed by atoms with E-state index >= 15 is 0 Å². The molecule has 1 aliphatic heterocycles. The summed E-state index contributed by atoms with van der Waals surface area (Å²) in [5, 5.41) is 10.6. The highest BCUT2D eigenvalue weighted by Crippen LogP contribution is 2.44. The molecule has 36 heavy (non-hydrogen) atoms. The molecule has 3 aromatic rings. The van der Waals surface area contributed by atoms with Crippen LogP contribution < -0.4 is 9.47 Å². The minimum atomic E-state index is -1.23. The molecule has 2 atom stereocenters. The molecule has 0 radical (unpaired) electrons. The Labute approximate surface area is 211 Å². The molecule has 1 aliphatic rings. The van der Waals surface area contributed by atoms with Crippen LogP contribution >= 0.6 is 0 Å². The number of oxazole rings is 1. The fraction of sp³-hybridized carbons (Fsp3) is 0.464. The number of nitriles is 1. The highest BCUT2D eigenvalue weighted by atomic mass is 16.5. The van der Waals surface area contributed by atoms with Crippen molar-refractivity contribution < 1.29 is 23.4 Å². The molecule has 8 nitrogen and oxygen atoms in total. The van der Waals surface area contributed by atoms with Crippen LogP contribution in [0.1, 0.15) is 38.1 Å². The summed E-state index contributed by atoms with van der Waals surface area (Å²) in [5.74, 6) is 0.748. The van der Waals surface area contributed by atoms with Crippen LogP contribution in [0.5, 0.6) is 11.5 Å². The van der Waals surface area contributed by atoms with Crippen molar-refractivity contribution in [2.75, 3.05) is 33.9 Å². The Morgan fingerprint density at radius 1 is 1.19 bits per heavy atom. The number of likely N-dealkylation sites (tertiary alicyclic amines) is 1. The maximum atomic E-state index is 11.9. The molecular formula is C28H33N3O5. The van der Waals surface area contributed by atoms with Crippen molar-refractivity contribution in [1.29, 1.82) is 5.26 Å². The number of fused-ring (bicyclic) bond motifs is 1. The van der Waals surface area contributed by atoms with Gasteiger partial charge in [-0.2, -0.15) is 5.26 Å². The average Bonchev–Trinajstić information content (AvgIpc) is 3.31. The number of aromatic nitrogens is 1. The standard InChI is InChI=1S/C28H33N3O5/c1-19(35-20(2)32)28(18-29,27-30-23-16-25(33-3)26(34-4)17-24(23)36-27)22-11-14-31(15-12-22)13-10-21-8-6-5-7-9-21/h5-9,16-17,19,22H,10-15H2,1-4H3. The first-order valence-corrected chi connectivity index (χ1v) is 12.3. The van der Waals surface area contributed by atoms with Crippen LogP contribution in [0, 0.1) is 17.2 Å². The van der Waals surface area contributed by atoms with Gasteiger partial charge >= 0.3 is 5.97 Å². The Morgan fingerprint density at radius 3 is 2.47 bits per heavy atom. The summed E-state index contributed by atoms with van der Waals surface area (Å²) in [6.45, 7) is 5.75. The number of hydrogen-bond acceptors (Lipinski definition) is 8. The van der Waals surface area contributed by atoms with Gasteiger partial charge in [-0.25, -0.2) is 4.98 Å². The number of methoxy groups -OCH3 is 2. The normalized spacial score (nSPS) is 17.2. The van der Waals surface area contributed by atoms with Crippen LogP contribution in [0.15, 0.2) is 46.9 Å². The van der Waals surface area contributed by atoms with Gasteiger partial charge in [-0.1, -0.05) is 30.3 Å². The number of carbonyl (C=O) groups excluding carboxylic acids is 1. The van der Waals surface area contributed by atoms with E-state index in [1.54, 1.807) is 33.3 Å². The van der Waals surface area contributed by atoms with Gasteiger partial charge < -0.3 is 23.5 Å². The second kappa shape index (κ2) is 11.0. The van der Waals surface area contributed by atoms with Crippen molar-refractivity contribution in [1.82, 2.24) is 9.88 Å². The summed E-state index contributed by atoms with van der Waals surface area (Å²) in [6, 6.07) is 16.4. The molecule has 2 unspecified atom stereocenters. The van der Waals surface area contributed by atoms with Gasteiger partial charge in [0.1, 0.15) is 11.6 Å². The molecule has 2 aromatic carbocycles. The number of rotatable bonds is 9. The van der Waals surface area contributed by atoms with Gasteiger partial charge in [-0.3, -0.25) is 4.79 Å². The maximum Gasteiger partial charge on any atom is 0.302 e. The van der Waals surface area contributed by atoms with E-state index in [0.717, 1.165) is 38.9 Å². The predicted octanol–water partition coefficient (Wildman–Crippen LogP) is 4.51. The van der Waals surface area contributed by atoms with E-state index in [0.29, 0.717) is 22.6 Å². The average molecular weight is 492 g/mol. The summed E-state index contributed by atoms with van der Waals surface area (Å²) in [4.78, 5) is 19.0. The molecule has 0 N–H and O–H groups in total. The number of benzene rings is 2.